The molecule has 0 aliphatic carbocycles. The quantitative estimate of drug-likeness (QED) is 0.818. The van der Waals surface area contributed by atoms with Gasteiger partial charge in [-0.25, -0.2) is 4.79 Å². The molecule has 0 unspecified atom stereocenters. The van der Waals surface area contributed by atoms with Crippen molar-refractivity contribution in [2.45, 2.75) is 6.18 Å². The Labute approximate surface area is 91.6 Å². The van der Waals surface area contributed by atoms with Gasteiger partial charge in [0.1, 0.15) is 0 Å². The summed E-state index contributed by atoms with van der Waals surface area (Å²) in [5.41, 5.74) is 4.21. The minimum atomic E-state index is -4.41. The second kappa shape index (κ2) is 4.09. The van der Waals surface area contributed by atoms with Crippen LogP contribution in [0.2, 0.25) is 0 Å². The van der Waals surface area contributed by atoms with Crippen molar-refractivity contribution < 1.29 is 18.0 Å². The predicted octanol–water partition coefficient (Wildman–Crippen LogP) is 2.96. The van der Waals surface area contributed by atoms with E-state index in [1.807, 2.05) is 0 Å². The van der Waals surface area contributed by atoms with Gasteiger partial charge < -0.3 is 11.1 Å². The van der Waals surface area contributed by atoms with Crippen molar-refractivity contribution in [1.29, 1.82) is 0 Å². The van der Waals surface area contributed by atoms with E-state index in [1.54, 1.807) is 0 Å². The first-order valence-corrected chi connectivity index (χ1v) is 4.53. The van der Waals surface area contributed by atoms with Gasteiger partial charge in [0, 0.05) is 4.47 Å². The lowest BCUT2D eigenvalue weighted by atomic mass is 10.2. The van der Waals surface area contributed by atoms with E-state index in [2.05, 4.69) is 21.2 Å². The molecule has 1 aromatic carbocycles. The molecule has 0 spiro atoms. The predicted molar refractivity (Wildman–Crippen MR) is 52.4 cm³/mol. The third-order valence-electron chi connectivity index (χ3n) is 1.55. The molecular formula is C8H6BrF3N2O. The molecule has 0 aliphatic rings. The van der Waals surface area contributed by atoms with Gasteiger partial charge in [0.05, 0.1) is 11.3 Å². The summed E-state index contributed by atoms with van der Waals surface area (Å²) in [5.74, 6) is 0. The van der Waals surface area contributed by atoms with Crippen LogP contribution in [0.1, 0.15) is 5.56 Å². The van der Waals surface area contributed by atoms with Crippen molar-refractivity contribution in [3.63, 3.8) is 0 Å². The molecule has 7 heteroatoms. The molecule has 0 saturated carbocycles. The van der Waals surface area contributed by atoms with Gasteiger partial charge in [-0.2, -0.15) is 13.2 Å². The van der Waals surface area contributed by atoms with Crippen molar-refractivity contribution in [1.82, 2.24) is 0 Å². The van der Waals surface area contributed by atoms with E-state index < -0.39 is 17.8 Å². The molecule has 1 aromatic rings. The van der Waals surface area contributed by atoms with Crippen molar-refractivity contribution in [3.8, 4) is 0 Å². The Morgan fingerprint density at radius 3 is 2.40 bits per heavy atom. The normalized spacial score (nSPS) is 11.2. The van der Waals surface area contributed by atoms with Crippen LogP contribution in [0, 0.1) is 0 Å². The molecule has 0 aromatic heterocycles. The zero-order chi connectivity index (χ0) is 11.6. The largest absolute Gasteiger partial charge is 0.416 e. The van der Waals surface area contributed by atoms with Crippen LogP contribution in [0.25, 0.3) is 0 Å². The number of carbonyl (C=O) groups excluding carboxylic acids is 1. The number of nitrogens with two attached hydrogens (primary N) is 1. The summed E-state index contributed by atoms with van der Waals surface area (Å²) in [6.07, 6.45) is -4.41. The third-order valence-corrected chi connectivity index (χ3v) is 2.21. The number of amides is 2. The van der Waals surface area contributed by atoms with E-state index >= 15 is 0 Å². The Morgan fingerprint density at radius 2 is 2.00 bits per heavy atom. The monoisotopic (exact) mass is 282 g/mol. The zero-order valence-electron chi connectivity index (χ0n) is 7.23. The third kappa shape index (κ3) is 3.12. The highest BCUT2D eigenvalue weighted by Crippen LogP contribution is 2.33. The number of primary amides is 1. The van der Waals surface area contributed by atoms with Crippen LogP contribution in [0.3, 0.4) is 0 Å². The summed E-state index contributed by atoms with van der Waals surface area (Å²) in [7, 11) is 0. The number of hydrogen-bond donors (Lipinski definition) is 2. The number of benzene rings is 1. The van der Waals surface area contributed by atoms with Gasteiger partial charge in [-0.1, -0.05) is 0 Å². The minimum absolute atomic E-state index is 0.121. The summed E-state index contributed by atoms with van der Waals surface area (Å²) < 4.78 is 36.8. The fraction of sp³-hybridized carbons (Fsp3) is 0.125. The van der Waals surface area contributed by atoms with Crippen LogP contribution in [0.15, 0.2) is 22.7 Å². The summed E-state index contributed by atoms with van der Waals surface area (Å²) in [4.78, 5) is 10.5. The first-order chi connectivity index (χ1) is 6.80. The molecule has 0 aliphatic heterocycles. The van der Waals surface area contributed by atoms with Gasteiger partial charge in [-0.05, 0) is 34.1 Å². The van der Waals surface area contributed by atoms with Crippen molar-refractivity contribution in [3.05, 3.63) is 28.2 Å². The molecule has 0 radical (unpaired) electrons. The minimum Gasteiger partial charge on any atom is -0.351 e. The van der Waals surface area contributed by atoms with Crippen LogP contribution in [0.5, 0.6) is 0 Å². The number of urea groups is 1. The molecular weight excluding hydrogens is 277 g/mol. The van der Waals surface area contributed by atoms with Gasteiger partial charge in [-0.15, -0.1) is 0 Å². The SMILES string of the molecule is NC(=O)Nc1ccc(C(F)(F)F)cc1Br. The molecule has 3 N–H and O–H groups in total. The molecule has 0 saturated heterocycles. The number of alkyl halides is 3. The molecule has 3 nitrogen and oxygen atoms in total. The Bertz CT molecular complexity index is 392. The van der Waals surface area contributed by atoms with Crippen LogP contribution >= 0.6 is 15.9 Å². The summed E-state index contributed by atoms with van der Waals surface area (Å²) >= 11 is 2.90. The van der Waals surface area contributed by atoms with E-state index in [-0.39, 0.29) is 10.2 Å². The number of nitrogens with one attached hydrogen (secondary N) is 1. The molecule has 0 heterocycles. The van der Waals surface area contributed by atoms with E-state index in [0.717, 1.165) is 18.2 Å². The average molecular weight is 283 g/mol. The molecule has 1 rings (SSSR count). The Balaban J connectivity index is 3.03. The Kier molecular flexibility index (Phi) is 3.23. The van der Waals surface area contributed by atoms with Crippen molar-refractivity contribution >= 4 is 27.6 Å². The zero-order valence-corrected chi connectivity index (χ0v) is 8.82. The van der Waals surface area contributed by atoms with Gasteiger partial charge in [0.2, 0.25) is 0 Å². The van der Waals surface area contributed by atoms with Crippen molar-refractivity contribution in [2.24, 2.45) is 5.73 Å². The van der Waals surface area contributed by atoms with E-state index in [0.29, 0.717) is 0 Å². The van der Waals surface area contributed by atoms with E-state index in [1.165, 1.54) is 0 Å². The smallest absolute Gasteiger partial charge is 0.351 e. The maximum Gasteiger partial charge on any atom is 0.416 e. The number of anilines is 1. The molecule has 2 amide bonds. The van der Waals surface area contributed by atoms with E-state index in [4.69, 9.17) is 5.73 Å². The van der Waals surface area contributed by atoms with Gasteiger partial charge >= 0.3 is 12.2 Å². The lowest BCUT2D eigenvalue weighted by Gasteiger charge is -2.09. The fourth-order valence-electron chi connectivity index (χ4n) is 0.926. The number of rotatable bonds is 1. The second-order valence-corrected chi connectivity index (χ2v) is 3.54. The first-order valence-electron chi connectivity index (χ1n) is 3.74. The Morgan fingerprint density at radius 1 is 1.40 bits per heavy atom. The van der Waals surface area contributed by atoms with Gasteiger partial charge in [0.25, 0.3) is 0 Å². The average Bonchev–Trinajstić information content (AvgIpc) is 2.05. The van der Waals surface area contributed by atoms with Crippen LogP contribution in [-0.2, 0) is 6.18 Å². The second-order valence-electron chi connectivity index (χ2n) is 2.68. The van der Waals surface area contributed by atoms with Crippen LogP contribution < -0.4 is 11.1 Å². The standard InChI is InChI=1S/C8H6BrF3N2O/c9-5-3-4(8(10,11)12)1-2-6(5)14-7(13)15/h1-3H,(H3,13,14,15). The maximum absolute atomic E-state index is 12.2. The van der Waals surface area contributed by atoms with Crippen molar-refractivity contribution in [2.75, 3.05) is 5.32 Å². The Hall–Kier alpha value is -1.24. The van der Waals surface area contributed by atoms with Crippen LogP contribution in [0.4, 0.5) is 23.7 Å². The summed E-state index contributed by atoms with van der Waals surface area (Å²) in [6.45, 7) is 0. The maximum atomic E-state index is 12.2. The molecule has 82 valence electrons. The lowest BCUT2D eigenvalue weighted by Crippen LogP contribution is -2.19. The molecule has 15 heavy (non-hydrogen) atoms. The van der Waals surface area contributed by atoms with Gasteiger partial charge in [-0.3, -0.25) is 0 Å². The lowest BCUT2D eigenvalue weighted by molar-refractivity contribution is -0.137. The molecule has 0 atom stereocenters. The highest BCUT2D eigenvalue weighted by Gasteiger charge is 2.30. The van der Waals surface area contributed by atoms with Crippen LogP contribution in [-0.4, -0.2) is 6.03 Å². The topological polar surface area (TPSA) is 55.1 Å². The van der Waals surface area contributed by atoms with Gasteiger partial charge in [0.15, 0.2) is 0 Å². The molecule has 0 bridgehead atoms. The highest BCUT2D eigenvalue weighted by atomic mass is 79.9. The highest BCUT2D eigenvalue weighted by molar-refractivity contribution is 9.10. The first kappa shape index (κ1) is 11.8. The number of carbonyl (C=O) groups is 1. The fourth-order valence-corrected chi connectivity index (χ4v) is 1.40. The summed E-state index contributed by atoms with van der Waals surface area (Å²) in [6, 6.07) is 2.01. The number of halogens is 4. The molecule has 0 fully saturated rings. The summed E-state index contributed by atoms with van der Waals surface area (Å²) in [5, 5.41) is 2.18. The number of hydrogen-bond acceptors (Lipinski definition) is 1. The van der Waals surface area contributed by atoms with E-state index in [9.17, 15) is 18.0 Å².